The highest BCUT2D eigenvalue weighted by Gasteiger charge is 2.27. The van der Waals surface area contributed by atoms with Gasteiger partial charge in [-0.05, 0) is 62.1 Å². The Hall–Kier alpha value is -3.19. The second-order valence-electron chi connectivity index (χ2n) is 7.63. The molecule has 2 atom stereocenters. The molecule has 2 unspecified atom stereocenters. The summed E-state index contributed by atoms with van der Waals surface area (Å²) in [5, 5.41) is 3.98. The Balaban J connectivity index is 1.57. The van der Waals surface area contributed by atoms with Crippen LogP contribution in [-0.2, 0) is 6.61 Å². The number of fused-ring (bicyclic) bond motifs is 4. The lowest BCUT2D eigenvalue weighted by Gasteiger charge is -2.12. The van der Waals surface area contributed by atoms with Gasteiger partial charge in [0.1, 0.15) is 23.7 Å². The number of benzene rings is 2. The fourth-order valence-corrected chi connectivity index (χ4v) is 4.11. The van der Waals surface area contributed by atoms with Crippen molar-refractivity contribution in [2.75, 3.05) is 0 Å². The van der Waals surface area contributed by atoms with E-state index in [0.717, 1.165) is 41.5 Å². The first kappa shape index (κ1) is 16.9. The standard InChI is InChI=1S/C24H21NO3/c1-15-23-21-13-20(10-11-22(21)28-15)27-14-18-6-3-16(4-7-18)2-5-17-8-9-19(12-17)25-24(23)26/h3-4,6-7,10-11,13,17,19H,8-9,12,14H2,1H3,(H,25,26). The Morgan fingerprint density at radius 1 is 1.11 bits per heavy atom. The molecule has 0 radical (unpaired) electrons. The van der Waals surface area contributed by atoms with E-state index >= 15 is 0 Å². The normalized spacial score (nSPS) is 21.1. The highest BCUT2D eigenvalue weighted by molar-refractivity contribution is 6.07. The first-order valence-electron chi connectivity index (χ1n) is 9.73. The molecule has 0 spiro atoms. The summed E-state index contributed by atoms with van der Waals surface area (Å²) >= 11 is 0. The third-order valence-corrected chi connectivity index (χ3v) is 5.61. The number of carbonyl (C=O) groups excluding carboxylic acids is 1. The number of carbonyl (C=O) groups is 1. The molecule has 3 aromatic rings. The number of aryl methyl sites for hydroxylation is 1. The van der Waals surface area contributed by atoms with Gasteiger partial charge in [-0.1, -0.05) is 24.0 Å². The smallest absolute Gasteiger partial charge is 0.255 e. The molecule has 1 saturated carbocycles. The lowest BCUT2D eigenvalue weighted by molar-refractivity contribution is 0.0937. The highest BCUT2D eigenvalue weighted by atomic mass is 16.5. The van der Waals surface area contributed by atoms with Gasteiger partial charge in [0.25, 0.3) is 5.91 Å². The van der Waals surface area contributed by atoms with Gasteiger partial charge in [-0.25, -0.2) is 0 Å². The van der Waals surface area contributed by atoms with Gasteiger partial charge in [-0.2, -0.15) is 0 Å². The fourth-order valence-electron chi connectivity index (χ4n) is 4.11. The zero-order valence-corrected chi connectivity index (χ0v) is 15.7. The lowest BCUT2D eigenvalue weighted by atomic mass is 10.1. The average molecular weight is 371 g/mol. The van der Waals surface area contributed by atoms with Gasteiger partial charge in [0, 0.05) is 22.9 Å². The summed E-state index contributed by atoms with van der Waals surface area (Å²) < 4.78 is 11.8. The molecule has 1 aromatic heterocycles. The molecule has 0 saturated heterocycles. The molecule has 4 heteroatoms. The molecule has 3 aliphatic rings. The summed E-state index contributed by atoms with van der Waals surface area (Å²) in [4.78, 5) is 13.0. The molecule has 1 fully saturated rings. The van der Waals surface area contributed by atoms with Crippen LogP contribution in [0.2, 0.25) is 0 Å². The molecule has 1 aliphatic carbocycles. The highest BCUT2D eigenvalue weighted by Crippen LogP contribution is 2.31. The van der Waals surface area contributed by atoms with Crippen molar-refractivity contribution < 1.29 is 13.9 Å². The maximum absolute atomic E-state index is 13.0. The van der Waals surface area contributed by atoms with E-state index in [1.165, 1.54) is 0 Å². The van der Waals surface area contributed by atoms with Crippen LogP contribution in [0.3, 0.4) is 0 Å². The number of hydrogen-bond donors (Lipinski definition) is 1. The van der Waals surface area contributed by atoms with Crippen molar-refractivity contribution >= 4 is 16.9 Å². The molecule has 28 heavy (non-hydrogen) atoms. The number of ether oxygens (including phenoxy) is 1. The molecular formula is C24H21NO3. The van der Waals surface area contributed by atoms with E-state index in [1.807, 2.05) is 37.3 Å². The lowest BCUT2D eigenvalue weighted by Crippen LogP contribution is -2.33. The second kappa shape index (κ2) is 6.76. The van der Waals surface area contributed by atoms with Gasteiger partial charge in [0.15, 0.2) is 0 Å². The van der Waals surface area contributed by atoms with Gasteiger partial charge < -0.3 is 14.5 Å². The Morgan fingerprint density at radius 3 is 2.82 bits per heavy atom. The summed E-state index contributed by atoms with van der Waals surface area (Å²) in [5.41, 5.74) is 3.40. The van der Waals surface area contributed by atoms with E-state index in [4.69, 9.17) is 9.15 Å². The monoisotopic (exact) mass is 371 g/mol. The van der Waals surface area contributed by atoms with Crippen LogP contribution in [0.4, 0.5) is 0 Å². The van der Waals surface area contributed by atoms with Crippen LogP contribution >= 0.6 is 0 Å². The van der Waals surface area contributed by atoms with E-state index < -0.39 is 0 Å². The number of hydrogen-bond acceptors (Lipinski definition) is 3. The van der Waals surface area contributed by atoms with Crippen molar-refractivity contribution in [2.45, 2.75) is 38.8 Å². The number of nitrogens with one attached hydrogen (secondary N) is 1. The van der Waals surface area contributed by atoms with Crippen molar-refractivity contribution in [3.63, 3.8) is 0 Å². The number of amides is 1. The van der Waals surface area contributed by atoms with Gasteiger partial charge in [0.2, 0.25) is 0 Å². The van der Waals surface area contributed by atoms with Crippen LogP contribution < -0.4 is 10.1 Å². The summed E-state index contributed by atoms with van der Waals surface area (Å²) in [6.07, 6.45) is 2.85. The van der Waals surface area contributed by atoms with E-state index in [0.29, 0.717) is 29.4 Å². The molecule has 1 amide bonds. The van der Waals surface area contributed by atoms with Crippen LogP contribution in [-0.4, -0.2) is 11.9 Å². The van der Waals surface area contributed by atoms with Crippen molar-refractivity contribution in [1.29, 1.82) is 0 Å². The predicted octanol–water partition coefficient (Wildman–Crippen LogP) is 4.58. The molecule has 6 bridgehead atoms. The van der Waals surface area contributed by atoms with Crippen LogP contribution in [0.15, 0.2) is 46.9 Å². The minimum atomic E-state index is -0.0801. The summed E-state index contributed by atoms with van der Waals surface area (Å²) in [5.74, 6) is 8.24. The third kappa shape index (κ3) is 3.14. The molecule has 3 heterocycles. The first-order valence-corrected chi connectivity index (χ1v) is 9.73. The maximum atomic E-state index is 13.0. The number of rotatable bonds is 0. The third-order valence-electron chi connectivity index (χ3n) is 5.61. The zero-order valence-electron chi connectivity index (χ0n) is 15.7. The van der Waals surface area contributed by atoms with Crippen molar-refractivity contribution in [1.82, 2.24) is 5.32 Å². The van der Waals surface area contributed by atoms with Gasteiger partial charge >= 0.3 is 0 Å². The molecular weight excluding hydrogens is 350 g/mol. The quantitative estimate of drug-likeness (QED) is 0.588. The molecule has 2 aliphatic heterocycles. The number of furan rings is 1. The second-order valence-corrected chi connectivity index (χ2v) is 7.63. The van der Waals surface area contributed by atoms with E-state index in [9.17, 15) is 4.79 Å². The maximum Gasteiger partial charge on any atom is 0.255 e. The Bertz CT molecular complexity index is 1110. The van der Waals surface area contributed by atoms with Gasteiger partial charge in [-0.3, -0.25) is 4.79 Å². The summed E-state index contributed by atoms with van der Waals surface area (Å²) in [7, 11) is 0. The topological polar surface area (TPSA) is 51.5 Å². The van der Waals surface area contributed by atoms with E-state index in [1.54, 1.807) is 0 Å². The SMILES string of the molecule is Cc1oc2ccc3cc2c1C(=O)NC1CCC(C#Cc2ccc(cc2)CO3)C1. The molecule has 2 aromatic carbocycles. The van der Waals surface area contributed by atoms with Crippen molar-refractivity contribution in [2.24, 2.45) is 5.92 Å². The minimum absolute atomic E-state index is 0.0801. The van der Waals surface area contributed by atoms with Crippen molar-refractivity contribution in [3.05, 3.63) is 64.9 Å². The van der Waals surface area contributed by atoms with Crippen molar-refractivity contribution in [3.8, 4) is 17.6 Å². The molecule has 4 nitrogen and oxygen atoms in total. The average Bonchev–Trinajstić information content (AvgIpc) is 3.27. The Kier molecular flexibility index (Phi) is 4.09. The zero-order chi connectivity index (χ0) is 19.1. The van der Waals surface area contributed by atoms with Crippen LogP contribution in [0, 0.1) is 24.7 Å². The van der Waals surface area contributed by atoms with Gasteiger partial charge in [0.05, 0.1) is 5.56 Å². The van der Waals surface area contributed by atoms with E-state index in [2.05, 4.69) is 29.3 Å². The van der Waals surface area contributed by atoms with Crippen LogP contribution in [0.5, 0.6) is 5.75 Å². The van der Waals surface area contributed by atoms with E-state index in [-0.39, 0.29) is 11.9 Å². The minimum Gasteiger partial charge on any atom is -0.489 e. The molecule has 140 valence electrons. The Labute approximate surface area is 163 Å². The molecule has 6 rings (SSSR count). The fraction of sp³-hybridized carbons (Fsp3) is 0.292. The summed E-state index contributed by atoms with van der Waals surface area (Å²) in [6.45, 7) is 2.30. The van der Waals surface area contributed by atoms with Crippen LogP contribution in [0.25, 0.3) is 11.0 Å². The molecule has 1 N–H and O–H groups in total. The predicted molar refractivity (Wildman–Crippen MR) is 107 cm³/mol. The van der Waals surface area contributed by atoms with Gasteiger partial charge in [-0.15, -0.1) is 0 Å². The summed E-state index contributed by atoms with van der Waals surface area (Å²) in [6, 6.07) is 14.0. The van der Waals surface area contributed by atoms with Crippen LogP contribution in [0.1, 0.15) is 46.5 Å². The largest absolute Gasteiger partial charge is 0.489 e. The first-order chi connectivity index (χ1) is 13.7. The Morgan fingerprint density at radius 2 is 1.96 bits per heavy atom.